The molecule has 8 rings (SSSR count). The van der Waals surface area contributed by atoms with Crippen LogP contribution in [0.5, 0.6) is 0 Å². The smallest absolute Gasteiger partial charge is 0.327 e. The Morgan fingerprint density at radius 1 is 0.893 bits per heavy atom. The van der Waals surface area contributed by atoms with Gasteiger partial charge < -0.3 is 30.7 Å². The molecule has 5 N–H and O–H groups in total. The number of hydrogen-bond donors (Lipinski definition) is 5. The second-order valence-corrected chi connectivity index (χ2v) is 15.4. The molecular formula is C40H50N12O4. The number of likely N-dealkylation sites (tertiary alicyclic amines) is 1. The number of anilines is 1. The third-order valence-electron chi connectivity index (χ3n) is 11.7. The highest BCUT2D eigenvalue weighted by Gasteiger charge is 2.35. The van der Waals surface area contributed by atoms with E-state index in [-0.39, 0.29) is 36.0 Å². The van der Waals surface area contributed by atoms with Crippen molar-refractivity contribution < 1.29 is 14.4 Å². The maximum absolute atomic E-state index is 14.5. The molecule has 3 aliphatic heterocycles. The van der Waals surface area contributed by atoms with Crippen molar-refractivity contribution in [2.45, 2.75) is 63.6 Å². The van der Waals surface area contributed by atoms with Gasteiger partial charge in [0.25, 0.3) is 0 Å². The Labute approximate surface area is 324 Å². The number of carbonyl (C=O) groups excluding carboxylic acids is 3. The molecule has 5 aromatic rings. The number of imidazole rings is 1. The van der Waals surface area contributed by atoms with E-state index in [0.717, 1.165) is 59.2 Å². The number of aromatic amines is 2. The van der Waals surface area contributed by atoms with Crippen LogP contribution in [0.3, 0.4) is 0 Å². The number of amides is 4. The second-order valence-electron chi connectivity index (χ2n) is 15.4. The quantitative estimate of drug-likeness (QED) is 0.142. The second kappa shape index (κ2) is 16.5. The molecule has 0 bridgehead atoms. The Balaban J connectivity index is 0.989. The Hall–Kier alpha value is -5.77. The van der Waals surface area contributed by atoms with Crippen LogP contribution in [-0.2, 0) is 16.0 Å². The van der Waals surface area contributed by atoms with Crippen LogP contribution in [0.25, 0.3) is 22.1 Å². The largest absolute Gasteiger partial charge is 0.368 e. The molecule has 16 nitrogen and oxygen atoms in total. The van der Waals surface area contributed by atoms with Gasteiger partial charge in [-0.05, 0) is 99.5 Å². The van der Waals surface area contributed by atoms with Crippen LogP contribution in [0, 0.1) is 12.8 Å². The van der Waals surface area contributed by atoms with Gasteiger partial charge in [-0.15, -0.1) is 0 Å². The Bertz CT molecular complexity index is 2210. The molecule has 7 heterocycles. The van der Waals surface area contributed by atoms with Crippen molar-refractivity contribution in [2.24, 2.45) is 5.92 Å². The zero-order chi connectivity index (χ0) is 38.6. The van der Waals surface area contributed by atoms with Gasteiger partial charge in [0.15, 0.2) is 5.65 Å². The molecule has 3 fully saturated rings. The number of pyridine rings is 2. The van der Waals surface area contributed by atoms with E-state index in [2.05, 4.69) is 46.0 Å². The highest BCUT2D eigenvalue weighted by atomic mass is 16.2. The fourth-order valence-electron chi connectivity index (χ4n) is 8.67. The summed E-state index contributed by atoms with van der Waals surface area (Å²) in [4.78, 5) is 72.7. The molecule has 0 spiro atoms. The molecule has 0 saturated carbocycles. The van der Waals surface area contributed by atoms with E-state index in [0.29, 0.717) is 64.2 Å². The number of carbonyl (C=O) groups is 3. The van der Waals surface area contributed by atoms with Crippen LogP contribution in [0.15, 0.2) is 66.0 Å². The lowest BCUT2D eigenvalue weighted by molar-refractivity contribution is -0.137. The number of rotatable bonds is 10. The van der Waals surface area contributed by atoms with Gasteiger partial charge in [0.1, 0.15) is 12.1 Å². The normalized spacial score (nSPS) is 18.3. The van der Waals surface area contributed by atoms with Gasteiger partial charge in [-0.1, -0.05) is 6.07 Å². The van der Waals surface area contributed by atoms with Gasteiger partial charge in [0, 0.05) is 81.4 Å². The number of fused-ring (bicyclic) bond motifs is 2. The van der Waals surface area contributed by atoms with Crippen LogP contribution in [-0.4, -0.2) is 122 Å². The van der Waals surface area contributed by atoms with Crippen molar-refractivity contribution >= 4 is 45.6 Å². The summed E-state index contributed by atoms with van der Waals surface area (Å²) < 4.78 is 1.74. The predicted octanol–water partition coefficient (Wildman–Crippen LogP) is 2.49. The Morgan fingerprint density at radius 2 is 1.66 bits per heavy atom. The number of piperidine rings is 2. The summed E-state index contributed by atoms with van der Waals surface area (Å²) in [6.07, 6.45) is 10.7. The van der Waals surface area contributed by atoms with Gasteiger partial charge >= 0.3 is 11.7 Å². The summed E-state index contributed by atoms with van der Waals surface area (Å²) in [6, 6.07) is 9.49. The number of aromatic nitrogens is 6. The number of nitrogens with one attached hydrogen (secondary N) is 5. The van der Waals surface area contributed by atoms with Crippen LogP contribution in [0.2, 0.25) is 0 Å². The van der Waals surface area contributed by atoms with Crippen molar-refractivity contribution in [3.8, 4) is 0 Å². The summed E-state index contributed by atoms with van der Waals surface area (Å²) in [6.45, 7) is 7.00. The predicted molar refractivity (Wildman–Crippen MR) is 212 cm³/mol. The standard InChI is InChI=1S/C40H50N12O4/c1-26-21-28(22-29-25-44-48-35(26)29)24-32(46-39(55)51-15-8-31(9-16-51)52-34-3-2-10-43-36(34)47-40(52)56)37(53)45-33(23-27-4-11-41-12-5-27)38(54)50-19-17-49(18-20-50)30-6-13-42-14-7-30/h2-3,6-7,10,13-14,21-22,25,27,31-33,41H,4-5,8-9,11-12,15-20,23-24H2,1H3,(H,44,48)(H,45,53)(H,46,55)(H,43,47,56)/t32-,33-/m1/s1. The van der Waals surface area contributed by atoms with Crippen molar-refractivity contribution in [3.63, 3.8) is 0 Å². The van der Waals surface area contributed by atoms with Gasteiger partial charge in [-0.2, -0.15) is 5.10 Å². The zero-order valence-electron chi connectivity index (χ0n) is 31.7. The maximum Gasteiger partial charge on any atom is 0.327 e. The van der Waals surface area contributed by atoms with Crippen LogP contribution >= 0.6 is 0 Å². The van der Waals surface area contributed by atoms with E-state index in [1.807, 2.05) is 42.2 Å². The highest BCUT2D eigenvalue weighted by molar-refractivity contribution is 5.92. The monoisotopic (exact) mass is 762 g/mol. The lowest BCUT2D eigenvalue weighted by atomic mass is 9.90. The number of hydrogen-bond acceptors (Lipinski definition) is 9. The van der Waals surface area contributed by atoms with Gasteiger partial charge in [-0.25, -0.2) is 14.6 Å². The molecule has 0 radical (unpaired) electrons. The number of benzene rings is 1. The first-order valence-electron chi connectivity index (χ1n) is 19.8. The molecule has 16 heteroatoms. The third-order valence-corrected chi connectivity index (χ3v) is 11.7. The van der Waals surface area contributed by atoms with E-state index in [9.17, 15) is 19.2 Å². The summed E-state index contributed by atoms with van der Waals surface area (Å²) in [5, 5.41) is 17.8. The van der Waals surface area contributed by atoms with Gasteiger partial charge in [0.2, 0.25) is 11.8 Å². The summed E-state index contributed by atoms with van der Waals surface area (Å²) >= 11 is 0. The third kappa shape index (κ3) is 8.10. The lowest BCUT2D eigenvalue weighted by Gasteiger charge is -2.38. The number of H-pyrrole nitrogens is 2. The number of urea groups is 1. The first-order chi connectivity index (χ1) is 27.3. The van der Waals surface area contributed by atoms with Crippen LogP contribution in [0.1, 0.15) is 49.3 Å². The first-order valence-corrected chi connectivity index (χ1v) is 19.8. The van der Waals surface area contributed by atoms with E-state index < -0.39 is 18.0 Å². The summed E-state index contributed by atoms with van der Waals surface area (Å²) in [7, 11) is 0. The molecule has 4 aromatic heterocycles. The van der Waals surface area contributed by atoms with Crippen molar-refractivity contribution in [1.82, 2.24) is 55.5 Å². The van der Waals surface area contributed by atoms with Crippen molar-refractivity contribution in [1.29, 1.82) is 0 Å². The zero-order valence-corrected chi connectivity index (χ0v) is 31.7. The maximum atomic E-state index is 14.5. The molecule has 1 aromatic carbocycles. The topological polar surface area (TPSA) is 189 Å². The van der Waals surface area contributed by atoms with Crippen molar-refractivity contribution in [3.05, 3.63) is 82.8 Å². The SMILES string of the molecule is Cc1cc(C[C@@H](NC(=O)N2CCC(n3c(=O)[nH]c4ncccc43)CC2)C(=O)N[C@H](CC2CCNCC2)C(=O)N2CCN(c3ccncc3)CC2)cc2cn[nH]c12. The minimum Gasteiger partial charge on any atom is -0.368 e. The number of nitrogens with zero attached hydrogens (tertiary/aromatic N) is 7. The molecule has 2 atom stereocenters. The van der Waals surface area contributed by atoms with Gasteiger partial charge in [0.05, 0.1) is 17.2 Å². The lowest BCUT2D eigenvalue weighted by Crippen LogP contribution is -2.59. The van der Waals surface area contributed by atoms with Gasteiger partial charge in [-0.3, -0.25) is 29.2 Å². The molecular weight excluding hydrogens is 713 g/mol. The molecule has 0 aliphatic carbocycles. The van der Waals surface area contributed by atoms with E-state index in [1.54, 1.807) is 40.3 Å². The molecule has 0 unspecified atom stereocenters. The first kappa shape index (κ1) is 37.2. The highest BCUT2D eigenvalue weighted by Crippen LogP contribution is 2.26. The average Bonchev–Trinajstić information content (AvgIpc) is 3.85. The van der Waals surface area contributed by atoms with Crippen LogP contribution in [0.4, 0.5) is 10.5 Å². The average molecular weight is 763 g/mol. The molecule has 3 saturated heterocycles. The minimum atomic E-state index is -0.946. The Kier molecular flexibility index (Phi) is 11.0. The fraction of sp³-hybridized carbons (Fsp3) is 0.475. The number of aryl methyl sites for hydroxylation is 1. The molecule has 4 amide bonds. The van der Waals surface area contributed by atoms with E-state index in [4.69, 9.17) is 0 Å². The van der Waals surface area contributed by atoms with E-state index in [1.165, 1.54) is 0 Å². The fourth-order valence-corrected chi connectivity index (χ4v) is 8.67. The molecule has 56 heavy (non-hydrogen) atoms. The Morgan fingerprint density at radius 3 is 2.43 bits per heavy atom. The van der Waals surface area contributed by atoms with E-state index >= 15 is 0 Å². The minimum absolute atomic E-state index is 0.0863. The molecule has 294 valence electrons. The number of piperazine rings is 1. The molecule has 3 aliphatic rings. The van der Waals surface area contributed by atoms with Crippen molar-refractivity contribution in [2.75, 3.05) is 57.3 Å². The summed E-state index contributed by atoms with van der Waals surface area (Å²) in [5.41, 5.74) is 4.91. The summed E-state index contributed by atoms with van der Waals surface area (Å²) in [5.74, 6) is -0.194. The van der Waals surface area contributed by atoms with Crippen LogP contribution < -0.4 is 26.5 Å².